The largest absolute Gasteiger partial charge is 0.481 e. The fraction of sp³-hybridized carbons (Fsp3) is 0.267. The van der Waals surface area contributed by atoms with Crippen LogP contribution in [0.3, 0.4) is 0 Å². The Morgan fingerprint density at radius 2 is 2.18 bits per heavy atom. The van der Waals surface area contributed by atoms with Crippen LogP contribution in [-0.4, -0.2) is 29.9 Å². The van der Waals surface area contributed by atoms with E-state index in [1.54, 1.807) is 38.4 Å². The van der Waals surface area contributed by atoms with E-state index in [1.807, 2.05) is 11.4 Å². The molecular weight excluding hydrogens is 302 g/mol. The quantitative estimate of drug-likeness (QED) is 0.847. The average molecular weight is 319 g/mol. The highest BCUT2D eigenvalue weighted by atomic mass is 32.1. The summed E-state index contributed by atoms with van der Waals surface area (Å²) in [5.74, 6) is 0.0242. The van der Waals surface area contributed by atoms with Gasteiger partial charge < -0.3 is 15.4 Å². The molecule has 2 N–H and O–H groups in total. The van der Waals surface area contributed by atoms with Gasteiger partial charge in [-0.2, -0.15) is 0 Å². The van der Waals surface area contributed by atoms with Crippen molar-refractivity contribution in [2.24, 2.45) is 0 Å². The van der Waals surface area contributed by atoms with Crippen molar-refractivity contribution >= 4 is 23.2 Å². The third-order valence-electron chi connectivity index (χ3n) is 2.96. The number of ether oxygens (including phenoxy) is 1. The first-order chi connectivity index (χ1) is 10.6. The number of hydrogen-bond acceptors (Lipinski definition) is 5. The van der Waals surface area contributed by atoms with E-state index in [0.717, 1.165) is 5.56 Å². The molecule has 0 fully saturated rings. The summed E-state index contributed by atoms with van der Waals surface area (Å²) in [6, 6.07) is 6.44. The van der Waals surface area contributed by atoms with E-state index in [9.17, 15) is 9.59 Å². The third-order valence-corrected chi connectivity index (χ3v) is 3.83. The fourth-order valence-corrected chi connectivity index (χ4v) is 2.35. The monoisotopic (exact) mass is 319 g/mol. The number of aromatic nitrogens is 1. The Bertz CT molecular complexity index is 626. The summed E-state index contributed by atoms with van der Waals surface area (Å²) in [6.45, 7) is 1.99. The highest BCUT2D eigenvalue weighted by Gasteiger charge is 2.16. The van der Waals surface area contributed by atoms with E-state index in [1.165, 1.54) is 11.3 Å². The van der Waals surface area contributed by atoms with Gasteiger partial charge in [0.25, 0.3) is 5.91 Å². The van der Waals surface area contributed by atoms with E-state index >= 15 is 0 Å². The van der Waals surface area contributed by atoms with Gasteiger partial charge in [-0.15, -0.1) is 11.3 Å². The van der Waals surface area contributed by atoms with Crippen molar-refractivity contribution in [1.29, 1.82) is 0 Å². The fourth-order valence-electron chi connectivity index (χ4n) is 1.72. The number of hydrogen-bond donors (Lipinski definition) is 2. The number of amides is 2. The van der Waals surface area contributed by atoms with Gasteiger partial charge in [-0.1, -0.05) is 12.1 Å². The number of rotatable bonds is 6. The number of pyridine rings is 1. The summed E-state index contributed by atoms with van der Waals surface area (Å²) < 4.78 is 4.97. The average Bonchev–Trinajstić information content (AvgIpc) is 3.07. The van der Waals surface area contributed by atoms with Crippen LogP contribution in [0, 0.1) is 0 Å². The standard InChI is InChI=1S/C15H17N3O3S/c1-10(18-15(20)12-4-3-7-22-12)14(19)17-9-11-5-6-13(21-2)16-8-11/h3-8,10H,9H2,1-2H3,(H,17,19)(H,18,20). The number of carbonyl (C=O) groups excluding carboxylic acids is 2. The minimum Gasteiger partial charge on any atom is -0.481 e. The summed E-state index contributed by atoms with van der Waals surface area (Å²) in [6.07, 6.45) is 1.63. The number of methoxy groups -OCH3 is 1. The molecule has 0 bridgehead atoms. The van der Waals surface area contributed by atoms with Crippen molar-refractivity contribution in [3.8, 4) is 5.88 Å². The lowest BCUT2D eigenvalue weighted by Crippen LogP contribution is -2.44. The Labute approximate surface area is 132 Å². The maximum Gasteiger partial charge on any atom is 0.261 e. The molecule has 2 aromatic rings. The Morgan fingerprint density at radius 3 is 2.77 bits per heavy atom. The molecule has 0 aliphatic carbocycles. The second-order valence-corrected chi connectivity index (χ2v) is 5.55. The molecule has 2 aromatic heterocycles. The Hall–Kier alpha value is -2.41. The second kappa shape index (κ2) is 7.56. The lowest BCUT2D eigenvalue weighted by Gasteiger charge is -2.13. The Kier molecular flexibility index (Phi) is 5.48. The molecule has 0 aromatic carbocycles. The maximum absolute atomic E-state index is 12.0. The molecule has 7 heteroatoms. The first-order valence-electron chi connectivity index (χ1n) is 6.71. The Morgan fingerprint density at radius 1 is 1.36 bits per heavy atom. The predicted molar refractivity (Wildman–Crippen MR) is 83.9 cm³/mol. The zero-order valence-electron chi connectivity index (χ0n) is 12.3. The zero-order valence-corrected chi connectivity index (χ0v) is 13.1. The van der Waals surface area contributed by atoms with Crippen molar-refractivity contribution in [1.82, 2.24) is 15.6 Å². The lowest BCUT2D eigenvalue weighted by atomic mass is 10.2. The van der Waals surface area contributed by atoms with Crippen LogP contribution >= 0.6 is 11.3 Å². The van der Waals surface area contributed by atoms with Crippen molar-refractivity contribution in [2.75, 3.05) is 7.11 Å². The third kappa shape index (κ3) is 4.29. The van der Waals surface area contributed by atoms with Crippen molar-refractivity contribution < 1.29 is 14.3 Å². The molecule has 0 spiro atoms. The van der Waals surface area contributed by atoms with Crippen LogP contribution in [0.15, 0.2) is 35.8 Å². The number of nitrogens with one attached hydrogen (secondary N) is 2. The van der Waals surface area contributed by atoms with Crippen LogP contribution < -0.4 is 15.4 Å². The van der Waals surface area contributed by atoms with Crippen LogP contribution in [0.5, 0.6) is 5.88 Å². The SMILES string of the molecule is COc1ccc(CNC(=O)C(C)NC(=O)c2cccs2)cn1. The predicted octanol–water partition coefficient (Wildman–Crippen LogP) is 1.59. The van der Waals surface area contributed by atoms with Gasteiger partial charge in [-0.3, -0.25) is 9.59 Å². The van der Waals surface area contributed by atoms with Crippen molar-refractivity contribution in [3.63, 3.8) is 0 Å². The van der Waals surface area contributed by atoms with E-state index in [4.69, 9.17) is 4.74 Å². The van der Waals surface area contributed by atoms with Crippen LogP contribution in [0.25, 0.3) is 0 Å². The molecule has 2 rings (SSSR count). The maximum atomic E-state index is 12.0. The number of nitrogens with zero attached hydrogens (tertiary/aromatic N) is 1. The summed E-state index contributed by atoms with van der Waals surface area (Å²) in [7, 11) is 1.54. The first kappa shape index (κ1) is 16.0. The van der Waals surface area contributed by atoms with Crippen LogP contribution in [0.1, 0.15) is 22.2 Å². The second-order valence-electron chi connectivity index (χ2n) is 4.60. The zero-order chi connectivity index (χ0) is 15.9. The molecule has 116 valence electrons. The molecule has 0 radical (unpaired) electrons. The molecule has 2 amide bonds. The van der Waals surface area contributed by atoms with Crippen molar-refractivity contribution in [2.45, 2.75) is 19.5 Å². The van der Waals surface area contributed by atoms with Crippen LogP contribution in [0.2, 0.25) is 0 Å². The van der Waals surface area contributed by atoms with Gasteiger partial charge in [0, 0.05) is 18.8 Å². The van der Waals surface area contributed by atoms with Crippen molar-refractivity contribution in [3.05, 3.63) is 46.3 Å². The minimum absolute atomic E-state index is 0.247. The highest BCUT2D eigenvalue weighted by Crippen LogP contribution is 2.08. The highest BCUT2D eigenvalue weighted by molar-refractivity contribution is 7.12. The van der Waals surface area contributed by atoms with E-state index in [-0.39, 0.29) is 11.8 Å². The molecule has 0 aliphatic heterocycles. The van der Waals surface area contributed by atoms with E-state index in [2.05, 4.69) is 15.6 Å². The van der Waals surface area contributed by atoms with Gasteiger partial charge in [-0.05, 0) is 23.9 Å². The molecule has 1 atom stereocenters. The lowest BCUT2D eigenvalue weighted by molar-refractivity contribution is -0.122. The van der Waals surface area contributed by atoms with Gasteiger partial charge in [0.05, 0.1) is 12.0 Å². The van der Waals surface area contributed by atoms with Gasteiger partial charge in [0.2, 0.25) is 11.8 Å². The molecular formula is C15H17N3O3S. The molecule has 6 nitrogen and oxygen atoms in total. The minimum atomic E-state index is -0.610. The van der Waals surface area contributed by atoms with Crippen LogP contribution in [0.4, 0.5) is 0 Å². The summed E-state index contributed by atoms with van der Waals surface area (Å²) in [5, 5.41) is 7.23. The van der Waals surface area contributed by atoms with Gasteiger partial charge in [-0.25, -0.2) is 4.98 Å². The summed E-state index contributed by atoms with van der Waals surface area (Å²) in [5.41, 5.74) is 0.853. The molecule has 2 heterocycles. The van der Waals surface area contributed by atoms with Crippen LogP contribution in [-0.2, 0) is 11.3 Å². The smallest absolute Gasteiger partial charge is 0.261 e. The molecule has 0 aliphatic rings. The normalized spacial score (nSPS) is 11.5. The molecule has 0 saturated carbocycles. The molecule has 0 saturated heterocycles. The van der Waals surface area contributed by atoms with Gasteiger partial charge in [0.1, 0.15) is 6.04 Å². The van der Waals surface area contributed by atoms with E-state index < -0.39 is 6.04 Å². The summed E-state index contributed by atoms with van der Waals surface area (Å²) >= 11 is 1.33. The topological polar surface area (TPSA) is 80.3 Å². The molecule has 22 heavy (non-hydrogen) atoms. The first-order valence-corrected chi connectivity index (χ1v) is 7.59. The van der Waals surface area contributed by atoms with Gasteiger partial charge >= 0.3 is 0 Å². The summed E-state index contributed by atoms with van der Waals surface area (Å²) in [4.78, 5) is 28.5. The number of thiophene rings is 1. The number of carbonyl (C=O) groups is 2. The van der Waals surface area contributed by atoms with Gasteiger partial charge in [0.15, 0.2) is 0 Å². The Balaban J connectivity index is 1.82. The molecule has 1 unspecified atom stereocenters. The van der Waals surface area contributed by atoms with E-state index in [0.29, 0.717) is 17.3 Å².